The number of aromatic nitrogens is 2. The zero-order chi connectivity index (χ0) is 14.9. The fraction of sp³-hybridized carbons (Fsp3) is 0.533. The number of alkyl halides is 1. The highest BCUT2D eigenvalue weighted by Gasteiger charge is 2.18. The van der Waals surface area contributed by atoms with E-state index < -0.39 is 5.82 Å². The third-order valence-electron chi connectivity index (χ3n) is 3.38. The Morgan fingerprint density at radius 2 is 2.00 bits per heavy atom. The Morgan fingerprint density at radius 1 is 1.30 bits per heavy atom. The predicted molar refractivity (Wildman–Crippen MR) is 83.3 cm³/mol. The standard InChI is InChI=1S/C15H19Cl2FN2/c1-9(2)6-10(3)20-14-7-11(17)12(18)8-13(14)19-15(20)4-5-16/h7-10H,4-6H2,1-3H3. The molecular formula is C15H19Cl2FN2. The topological polar surface area (TPSA) is 17.8 Å². The van der Waals surface area contributed by atoms with Crippen LogP contribution in [0.1, 0.15) is 39.1 Å². The summed E-state index contributed by atoms with van der Waals surface area (Å²) in [7, 11) is 0. The Morgan fingerprint density at radius 3 is 2.60 bits per heavy atom. The van der Waals surface area contributed by atoms with Crippen LogP contribution in [0.15, 0.2) is 12.1 Å². The second kappa shape index (κ2) is 6.31. The van der Waals surface area contributed by atoms with Gasteiger partial charge in [-0.2, -0.15) is 0 Å². The molecule has 0 bridgehead atoms. The fourth-order valence-corrected chi connectivity index (χ4v) is 3.01. The average Bonchev–Trinajstić information content (AvgIpc) is 2.67. The molecule has 1 atom stereocenters. The van der Waals surface area contributed by atoms with Gasteiger partial charge in [-0.05, 0) is 25.3 Å². The van der Waals surface area contributed by atoms with Crippen molar-refractivity contribution in [2.24, 2.45) is 5.92 Å². The van der Waals surface area contributed by atoms with Crippen LogP contribution >= 0.6 is 23.2 Å². The Labute approximate surface area is 128 Å². The molecule has 0 aliphatic rings. The van der Waals surface area contributed by atoms with Gasteiger partial charge in [-0.15, -0.1) is 11.6 Å². The number of imidazole rings is 1. The number of rotatable bonds is 5. The quantitative estimate of drug-likeness (QED) is 0.692. The van der Waals surface area contributed by atoms with Gasteiger partial charge in [0.15, 0.2) is 0 Å². The van der Waals surface area contributed by atoms with Crippen LogP contribution in [0.25, 0.3) is 11.0 Å². The van der Waals surface area contributed by atoms with Gasteiger partial charge >= 0.3 is 0 Å². The van der Waals surface area contributed by atoms with Crippen LogP contribution in [0, 0.1) is 11.7 Å². The summed E-state index contributed by atoms with van der Waals surface area (Å²) in [6.45, 7) is 6.52. The van der Waals surface area contributed by atoms with Crippen molar-refractivity contribution in [3.05, 3.63) is 28.8 Å². The summed E-state index contributed by atoms with van der Waals surface area (Å²) in [5.41, 5.74) is 1.52. The maximum absolute atomic E-state index is 13.6. The smallest absolute Gasteiger partial charge is 0.144 e. The van der Waals surface area contributed by atoms with E-state index in [9.17, 15) is 4.39 Å². The lowest BCUT2D eigenvalue weighted by Gasteiger charge is -2.19. The van der Waals surface area contributed by atoms with Gasteiger partial charge < -0.3 is 4.57 Å². The first-order chi connectivity index (χ1) is 9.43. The summed E-state index contributed by atoms with van der Waals surface area (Å²) >= 11 is 11.8. The third kappa shape index (κ3) is 3.09. The van der Waals surface area contributed by atoms with Crippen molar-refractivity contribution in [2.75, 3.05) is 5.88 Å². The summed E-state index contributed by atoms with van der Waals surface area (Å²) in [6, 6.07) is 3.33. The second-order valence-corrected chi connectivity index (χ2v) is 6.36. The molecule has 1 aromatic heterocycles. The summed E-state index contributed by atoms with van der Waals surface area (Å²) in [4.78, 5) is 4.51. The van der Waals surface area contributed by atoms with Gasteiger partial charge in [0.25, 0.3) is 0 Å². The highest BCUT2D eigenvalue weighted by molar-refractivity contribution is 6.31. The lowest BCUT2D eigenvalue weighted by molar-refractivity contribution is 0.426. The molecule has 110 valence electrons. The largest absolute Gasteiger partial charge is 0.325 e. The number of fused-ring (bicyclic) bond motifs is 1. The minimum Gasteiger partial charge on any atom is -0.325 e. The zero-order valence-corrected chi connectivity index (χ0v) is 13.5. The van der Waals surface area contributed by atoms with Gasteiger partial charge in [0.05, 0.1) is 16.1 Å². The lowest BCUT2D eigenvalue weighted by Crippen LogP contribution is -2.12. The van der Waals surface area contributed by atoms with Crippen molar-refractivity contribution in [3.63, 3.8) is 0 Å². The van der Waals surface area contributed by atoms with Crippen molar-refractivity contribution in [3.8, 4) is 0 Å². The van der Waals surface area contributed by atoms with E-state index >= 15 is 0 Å². The molecular weight excluding hydrogens is 298 g/mol. The molecule has 0 N–H and O–H groups in total. The molecule has 20 heavy (non-hydrogen) atoms. The molecule has 2 aromatic rings. The van der Waals surface area contributed by atoms with Crippen LogP contribution in [0.2, 0.25) is 5.02 Å². The molecule has 0 amide bonds. The molecule has 0 aliphatic heterocycles. The second-order valence-electron chi connectivity index (χ2n) is 5.57. The minimum absolute atomic E-state index is 0.132. The van der Waals surface area contributed by atoms with Crippen LogP contribution in [-0.2, 0) is 6.42 Å². The van der Waals surface area contributed by atoms with E-state index in [1.165, 1.54) is 6.07 Å². The summed E-state index contributed by atoms with van der Waals surface area (Å²) in [5, 5.41) is 0.132. The van der Waals surface area contributed by atoms with Crippen LogP contribution < -0.4 is 0 Å². The van der Waals surface area contributed by atoms with E-state index in [-0.39, 0.29) is 11.1 Å². The van der Waals surface area contributed by atoms with Crippen molar-refractivity contribution in [2.45, 2.75) is 39.7 Å². The average molecular weight is 317 g/mol. The normalized spacial score (nSPS) is 13.3. The maximum atomic E-state index is 13.6. The summed E-state index contributed by atoms with van der Waals surface area (Å²) in [6.07, 6.45) is 1.69. The van der Waals surface area contributed by atoms with E-state index in [0.29, 0.717) is 23.7 Å². The maximum Gasteiger partial charge on any atom is 0.144 e. The van der Waals surface area contributed by atoms with Crippen LogP contribution in [-0.4, -0.2) is 15.4 Å². The van der Waals surface area contributed by atoms with Gasteiger partial charge in [0.2, 0.25) is 0 Å². The van der Waals surface area contributed by atoms with Crippen molar-refractivity contribution in [1.82, 2.24) is 9.55 Å². The molecule has 5 heteroatoms. The molecule has 1 unspecified atom stereocenters. The minimum atomic E-state index is -0.433. The van der Waals surface area contributed by atoms with Crippen molar-refractivity contribution >= 4 is 34.2 Å². The molecule has 0 saturated carbocycles. The first-order valence-electron chi connectivity index (χ1n) is 6.85. The van der Waals surface area contributed by atoms with Gasteiger partial charge in [0, 0.05) is 24.4 Å². The summed E-state index contributed by atoms with van der Waals surface area (Å²) in [5.74, 6) is 1.53. The number of hydrogen-bond donors (Lipinski definition) is 0. The summed E-state index contributed by atoms with van der Waals surface area (Å²) < 4.78 is 15.7. The van der Waals surface area contributed by atoms with Crippen LogP contribution in [0.5, 0.6) is 0 Å². The molecule has 0 saturated heterocycles. The molecule has 1 aromatic carbocycles. The van der Waals surface area contributed by atoms with Gasteiger partial charge in [-0.1, -0.05) is 25.4 Å². The first kappa shape index (κ1) is 15.6. The Balaban J connectivity index is 2.58. The highest BCUT2D eigenvalue weighted by Crippen LogP contribution is 2.29. The van der Waals surface area contributed by atoms with E-state index in [0.717, 1.165) is 17.8 Å². The van der Waals surface area contributed by atoms with Gasteiger partial charge in [-0.25, -0.2) is 9.37 Å². The predicted octanol–water partition coefficient (Wildman–Crippen LogP) is 5.22. The van der Waals surface area contributed by atoms with E-state index in [1.54, 1.807) is 6.07 Å². The van der Waals surface area contributed by atoms with Gasteiger partial charge in [-0.3, -0.25) is 0 Å². The van der Waals surface area contributed by atoms with Gasteiger partial charge in [0.1, 0.15) is 11.6 Å². The van der Waals surface area contributed by atoms with E-state index in [2.05, 4.69) is 30.3 Å². The zero-order valence-electron chi connectivity index (χ0n) is 12.0. The highest BCUT2D eigenvalue weighted by atomic mass is 35.5. The monoisotopic (exact) mass is 316 g/mol. The number of hydrogen-bond acceptors (Lipinski definition) is 1. The molecule has 0 fully saturated rings. The number of nitrogens with zero attached hydrogens (tertiary/aromatic N) is 2. The van der Waals surface area contributed by atoms with Crippen molar-refractivity contribution in [1.29, 1.82) is 0 Å². The molecule has 1 heterocycles. The molecule has 0 aliphatic carbocycles. The number of aryl methyl sites for hydroxylation is 1. The van der Waals surface area contributed by atoms with E-state index in [4.69, 9.17) is 23.2 Å². The molecule has 0 radical (unpaired) electrons. The Hall–Kier alpha value is -0.800. The lowest BCUT2D eigenvalue weighted by atomic mass is 10.0. The number of benzene rings is 1. The van der Waals surface area contributed by atoms with Crippen LogP contribution in [0.4, 0.5) is 4.39 Å². The first-order valence-corrected chi connectivity index (χ1v) is 7.77. The number of halogens is 3. The Kier molecular flexibility index (Phi) is 4.92. The Bertz CT molecular complexity index is 607. The van der Waals surface area contributed by atoms with Crippen molar-refractivity contribution < 1.29 is 4.39 Å². The third-order valence-corrected chi connectivity index (χ3v) is 3.85. The van der Waals surface area contributed by atoms with Crippen LogP contribution in [0.3, 0.4) is 0 Å². The van der Waals surface area contributed by atoms with E-state index in [1.807, 2.05) is 0 Å². The fourth-order valence-electron chi connectivity index (χ4n) is 2.68. The molecule has 0 spiro atoms. The molecule has 2 nitrogen and oxygen atoms in total. The SMILES string of the molecule is CC(C)CC(C)n1c(CCCl)nc2cc(F)c(Cl)cc21. The molecule has 2 rings (SSSR count).